The van der Waals surface area contributed by atoms with Crippen LogP contribution in [0.3, 0.4) is 0 Å². The van der Waals surface area contributed by atoms with E-state index in [-0.39, 0.29) is 5.91 Å². The van der Waals surface area contributed by atoms with E-state index in [4.69, 9.17) is 9.15 Å². The van der Waals surface area contributed by atoms with Gasteiger partial charge in [-0.05, 0) is 42.5 Å². The lowest BCUT2D eigenvalue weighted by molar-refractivity contribution is -0.142. The lowest BCUT2D eigenvalue weighted by Crippen LogP contribution is -2.20. The first kappa shape index (κ1) is 17.0. The molecule has 1 heterocycles. The Bertz CT molecular complexity index is 733. The molecule has 24 heavy (non-hydrogen) atoms. The van der Waals surface area contributed by atoms with Crippen LogP contribution in [0.5, 0.6) is 0 Å². The number of hydrogen-bond acceptors (Lipinski definition) is 5. The third-order valence-electron chi connectivity index (χ3n) is 2.76. The summed E-state index contributed by atoms with van der Waals surface area (Å²) in [7, 11) is 0. The zero-order valence-electron chi connectivity index (χ0n) is 12.9. The monoisotopic (exact) mass is 328 g/mol. The Morgan fingerprint density at radius 2 is 1.75 bits per heavy atom. The molecular weight excluding hydrogens is 312 g/mol. The van der Waals surface area contributed by atoms with E-state index in [9.17, 15) is 14.4 Å². The van der Waals surface area contributed by atoms with Gasteiger partial charge in [-0.25, -0.2) is 4.79 Å². The summed E-state index contributed by atoms with van der Waals surface area (Å²) in [6.45, 7) is 0.999. The largest absolute Gasteiger partial charge is 0.465 e. The molecule has 1 aromatic heterocycles. The quantitative estimate of drug-likeness (QED) is 0.627. The summed E-state index contributed by atoms with van der Waals surface area (Å²) in [5, 5.41) is 5.19. The van der Waals surface area contributed by atoms with Crippen molar-refractivity contribution in [1.29, 1.82) is 0 Å². The molecule has 124 valence electrons. The van der Waals surface area contributed by atoms with Gasteiger partial charge in [0.15, 0.2) is 6.61 Å². The van der Waals surface area contributed by atoms with Gasteiger partial charge in [-0.2, -0.15) is 0 Å². The number of carbonyl (C=O) groups excluding carboxylic acids is 3. The van der Waals surface area contributed by atoms with Crippen LogP contribution in [0.25, 0.3) is 6.08 Å². The minimum atomic E-state index is -0.650. The molecule has 7 heteroatoms. The zero-order chi connectivity index (χ0) is 17.4. The Morgan fingerprint density at radius 3 is 2.33 bits per heavy atom. The van der Waals surface area contributed by atoms with Gasteiger partial charge in [-0.3, -0.25) is 9.59 Å². The van der Waals surface area contributed by atoms with E-state index < -0.39 is 18.5 Å². The van der Waals surface area contributed by atoms with E-state index in [1.165, 1.54) is 25.3 Å². The Labute approximate surface area is 138 Å². The minimum absolute atomic E-state index is 0.179. The molecule has 0 aliphatic carbocycles. The van der Waals surface area contributed by atoms with Crippen molar-refractivity contribution < 1.29 is 23.5 Å². The number of esters is 1. The van der Waals surface area contributed by atoms with Crippen LogP contribution in [0.2, 0.25) is 0 Å². The fourth-order valence-electron chi connectivity index (χ4n) is 1.76. The Hall–Kier alpha value is -3.35. The molecule has 0 spiro atoms. The fourth-order valence-corrected chi connectivity index (χ4v) is 1.76. The van der Waals surface area contributed by atoms with Gasteiger partial charge in [0.1, 0.15) is 5.76 Å². The molecule has 2 amide bonds. The zero-order valence-corrected chi connectivity index (χ0v) is 12.9. The normalized spacial score (nSPS) is 10.4. The average molecular weight is 328 g/mol. The minimum Gasteiger partial charge on any atom is -0.465 e. The Morgan fingerprint density at radius 1 is 1.08 bits per heavy atom. The molecular formula is C17H16N2O5. The maximum absolute atomic E-state index is 11.7. The summed E-state index contributed by atoms with van der Waals surface area (Å²) in [6.07, 6.45) is 4.10. The summed E-state index contributed by atoms with van der Waals surface area (Å²) >= 11 is 0. The second-order valence-corrected chi connectivity index (χ2v) is 4.76. The second-order valence-electron chi connectivity index (χ2n) is 4.76. The number of benzene rings is 1. The van der Waals surface area contributed by atoms with Crippen LogP contribution in [0, 0.1) is 0 Å². The van der Waals surface area contributed by atoms with Gasteiger partial charge in [0.25, 0.3) is 5.91 Å². The number of furan rings is 1. The number of carbonyl (C=O) groups is 3. The van der Waals surface area contributed by atoms with Crippen molar-refractivity contribution in [2.75, 3.05) is 17.2 Å². The highest BCUT2D eigenvalue weighted by atomic mass is 16.5. The van der Waals surface area contributed by atoms with Crippen molar-refractivity contribution in [3.05, 3.63) is 54.5 Å². The number of hydrogen-bond donors (Lipinski definition) is 2. The maximum atomic E-state index is 11.7. The summed E-state index contributed by atoms with van der Waals surface area (Å²) in [4.78, 5) is 34.1. The first-order chi connectivity index (χ1) is 11.5. The van der Waals surface area contributed by atoms with E-state index in [0.29, 0.717) is 17.1 Å². The molecule has 2 aromatic rings. The van der Waals surface area contributed by atoms with Crippen LogP contribution in [0.4, 0.5) is 11.4 Å². The molecule has 0 atom stereocenters. The molecule has 2 rings (SSSR count). The smallest absolute Gasteiger partial charge is 0.331 e. The number of amides is 2. The number of rotatable bonds is 6. The SMILES string of the molecule is CC(=O)Nc1ccc(NC(=O)COC(=O)/C=C/c2ccco2)cc1. The van der Waals surface area contributed by atoms with Crippen LogP contribution < -0.4 is 10.6 Å². The highest BCUT2D eigenvalue weighted by Gasteiger charge is 2.06. The van der Waals surface area contributed by atoms with Gasteiger partial charge < -0.3 is 19.8 Å². The summed E-state index contributed by atoms with van der Waals surface area (Å²) in [5.41, 5.74) is 1.14. The third-order valence-corrected chi connectivity index (χ3v) is 2.76. The highest BCUT2D eigenvalue weighted by molar-refractivity contribution is 5.95. The van der Waals surface area contributed by atoms with Gasteiger partial charge in [0.2, 0.25) is 5.91 Å². The topological polar surface area (TPSA) is 97.6 Å². The van der Waals surface area contributed by atoms with Gasteiger partial charge in [-0.1, -0.05) is 0 Å². The number of nitrogens with one attached hydrogen (secondary N) is 2. The van der Waals surface area contributed by atoms with Crippen molar-refractivity contribution in [3.8, 4) is 0 Å². The first-order valence-electron chi connectivity index (χ1n) is 7.09. The van der Waals surface area contributed by atoms with Crippen LogP contribution in [0.15, 0.2) is 53.2 Å². The highest BCUT2D eigenvalue weighted by Crippen LogP contribution is 2.13. The van der Waals surface area contributed by atoms with Crippen LogP contribution >= 0.6 is 0 Å². The van der Waals surface area contributed by atoms with Crippen molar-refractivity contribution in [2.24, 2.45) is 0 Å². The van der Waals surface area contributed by atoms with Crippen molar-refractivity contribution >= 4 is 35.2 Å². The summed E-state index contributed by atoms with van der Waals surface area (Å²) in [6, 6.07) is 9.92. The molecule has 0 fully saturated rings. The lowest BCUT2D eigenvalue weighted by Gasteiger charge is -2.07. The molecule has 0 aliphatic rings. The maximum Gasteiger partial charge on any atom is 0.331 e. The standard InChI is InChI=1S/C17H16N2O5/c1-12(20)18-13-4-6-14(7-5-13)19-16(21)11-24-17(22)9-8-15-3-2-10-23-15/h2-10H,11H2,1H3,(H,18,20)(H,19,21)/b9-8+. The van der Waals surface area contributed by atoms with Crippen LogP contribution in [-0.4, -0.2) is 24.4 Å². The molecule has 7 nitrogen and oxygen atoms in total. The Kier molecular flexibility index (Phi) is 5.90. The van der Waals surface area contributed by atoms with Gasteiger partial charge >= 0.3 is 5.97 Å². The average Bonchev–Trinajstić information content (AvgIpc) is 3.06. The van der Waals surface area contributed by atoms with Gasteiger partial charge in [-0.15, -0.1) is 0 Å². The van der Waals surface area contributed by atoms with Gasteiger partial charge in [0.05, 0.1) is 6.26 Å². The molecule has 0 unspecified atom stereocenters. The predicted molar refractivity (Wildman–Crippen MR) is 88.1 cm³/mol. The van der Waals surface area contributed by atoms with E-state index >= 15 is 0 Å². The number of anilines is 2. The van der Waals surface area contributed by atoms with E-state index in [1.54, 1.807) is 36.4 Å². The molecule has 0 bridgehead atoms. The number of ether oxygens (including phenoxy) is 1. The van der Waals surface area contributed by atoms with Gasteiger partial charge in [0, 0.05) is 24.4 Å². The van der Waals surface area contributed by atoms with Crippen molar-refractivity contribution in [3.63, 3.8) is 0 Å². The second kappa shape index (κ2) is 8.33. The predicted octanol–water partition coefficient (Wildman–Crippen LogP) is 2.43. The molecule has 0 saturated heterocycles. The first-order valence-corrected chi connectivity index (χ1v) is 7.09. The molecule has 0 radical (unpaired) electrons. The van der Waals surface area contributed by atoms with Crippen molar-refractivity contribution in [2.45, 2.75) is 6.92 Å². The third kappa shape index (κ3) is 5.80. The molecule has 1 aromatic carbocycles. The fraction of sp³-hybridized carbons (Fsp3) is 0.118. The van der Waals surface area contributed by atoms with Crippen LogP contribution in [-0.2, 0) is 19.1 Å². The van der Waals surface area contributed by atoms with E-state index in [2.05, 4.69) is 10.6 Å². The summed E-state index contributed by atoms with van der Waals surface area (Å²) in [5.74, 6) is -0.790. The molecule has 0 saturated carbocycles. The Balaban J connectivity index is 1.76. The van der Waals surface area contributed by atoms with E-state index in [1.807, 2.05) is 0 Å². The van der Waals surface area contributed by atoms with Crippen LogP contribution in [0.1, 0.15) is 12.7 Å². The molecule has 0 aliphatic heterocycles. The van der Waals surface area contributed by atoms with E-state index in [0.717, 1.165) is 0 Å². The van der Waals surface area contributed by atoms with Crippen molar-refractivity contribution in [1.82, 2.24) is 0 Å². The summed E-state index contributed by atoms with van der Waals surface area (Å²) < 4.78 is 9.84. The lowest BCUT2D eigenvalue weighted by atomic mass is 10.2. The molecule has 2 N–H and O–H groups in total.